The highest BCUT2D eigenvalue weighted by Gasteiger charge is 2.26. The summed E-state index contributed by atoms with van der Waals surface area (Å²) >= 11 is 0. The predicted octanol–water partition coefficient (Wildman–Crippen LogP) is 6.06. The van der Waals surface area contributed by atoms with E-state index in [4.69, 9.17) is 9.47 Å². The van der Waals surface area contributed by atoms with E-state index in [0.717, 1.165) is 41.4 Å². The number of nitrogens with zero attached hydrogens (tertiary/aromatic N) is 2. The summed E-state index contributed by atoms with van der Waals surface area (Å²) < 4.78 is 11.1. The number of benzene rings is 1. The molecule has 0 radical (unpaired) electrons. The number of amides is 1. The topological polar surface area (TPSA) is 51.7 Å². The number of hydrogen-bond donors (Lipinski definition) is 0. The van der Waals surface area contributed by atoms with Gasteiger partial charge in [-0.2, -0.15) is 0 Å². The van der Waals surface area contributed by atoms with Crippen LogP contribution in [0.3, 0.4) is 0 Å². The molecule has 5 nitrogen and oxygen atoms in total. The summed E-state index contributed by atoms with van der Waals surface area (Å²) in [5.41, 5.74) is 2.88. The Labute approximate surface area is 180 Å². The molecule has 2 heterocycles. The van der Waals surface area contributed by atoms with Crippen molar-refractivity contribution in [2.75, 3.05) is 25.7 Å². The molecule has 0 unspecified atom stereocenters. The van der Waals surface area contributed by atoms with Gasteiger partial charge in [0.1, 0.15) is 5.52 Å². The lowest BCUT2D eigenvalue weighted by atomic mass is 9.97. The normalized spacial score (nSPS) is 13.0. The molecule has 30 heavy (non-hydrogen) atoms. The molecular formula is C25H36N2O3. The van der Waals surface area contributed by atoms with Crippen LogP contribution in [0.5, 0.6) is 11.5 Å². The van der Waals surface area contributed by atoms with E-state index in [9.17, 15) is 4.79 Å². The van der Waals surface area contributed by atoms with Gasteiger partial charge in [0.05, 0.1) is 19.9 Å². The van der Waals surface area contributed by atoms with Crippen LogP contribution in [0, 0.1) is 0 Å². The average Bonchev–Trinajstić information content (AvgIpc) is 2.77. The number of methoxy groups -OCH3 is 2. The first-order valence-corrected chi connectivity index (χ1v) is 11.5. The number of rotatable bonds is 12. The maximum absolute atomic E-state index is 13.0. The van der Waals surface area contributed by atoms with E-state index in [1.807, 2.05) is 17.0 Å². The Morgan fingerprint density at radius 2 is 1.73 bits per heavy atom. The maximum Gasteiger partial charge on any atom is 0.227 e. The summed E-state index contributed by atoms with van der Waals surface area (Å²) in [6.45, 7) is 2.96. The number of unbranched alkanes of at least 4 members (excludes halogenated alkanes) is 8. The summed E-state index contributed by atoms with van der Waals surface area (Å²) in [6.07, 6.45) is 14.5. The van der Waals surface area contributed by atoms with Gasteiger partial charge < -0.3 is 14.4 Å². The fourth-order valence-electron chi connectivity index (χ4n) is 4.46. The lowest BCUT2D eigenvalue weighted by Crippen LogP contribution is -2.35. The summed E-state index contributed by atoms with van der Waals surface area (Å²) in [6, 6.07) is 3.97. The molecule has 1 aromatic carbocycles. The van der Waals surface area contributed by atoms with Gasteiger partial charge in [-0.15, -0.1) is 0 Å². The van der Waals surface area contributed by atoms with Gasteiger partial charge in [0.25, 0.3) is 0 Å². The van der Waals surface area contributed by atoms with E-state index in [0.29, 0.717) is 24.5 Å². The fourth-order valence-corrected chi connectivity index (χ4v) is 4.46. The molecule has 0 aliphatic carbocycles. The molecule has 1 aromatic heterocycles. The van der Waals surface area contributed by atoms with E-state index in [1.165, 1.54) is 44.9 Å². The molecule has 1 aliphatic heterocycles. The van der Waals surface area contributed by atoms with Gasteiger partial charge in [0, 0.05) is 24.5 Å². The molecule has 0 saturated heterocycles. The third-order valence-electron chi connectivity index (χ3n) is 6.11. The summed E-state index contributed by atoms with van der Waals surface area (Å²) in [5, 5.41) is 1.02. The Bertz CT molecular complexity index is 850. The first-order valence-electron chi connectivity index (χ1n) is 11.5. The number of hydrogen-bond acceptors (Lipinski definition) is 4. The standard InChI is InChI=1S/C25H36N2O3/c1-4-5-6-7-8-9-10-11-12-13-22(28)27-17-15-19-18-21(29-2)25(30-3)24-23(19)20(27)14-16-26-24/h14,16,18H,4-13,15,17H2,1-3H3. The lowest BCUT2D eigenvalue weighted by molar-refractivity contribution is -0.118. The van der Waals surface area contributed by atoms with E-state index in [1.54, 1.807) is 20.4 Å². The molecule has 5 heteroatoms. The molecule has 0 N–H and O–H groups in total. The zero-order valence-electron chi connectivity index (χ0n) is 18.8. The number of pyridine rings is 1. The zero-order chi connectivity index (χ0) is 21.3. The van der Waals surface area contributed by atoms with Crippen molar-refractivity contribution in [1.82, 2.24) is 4.98 Å². The Hall–Kier alpha value is -2.30. The van der Waals surface area contributed by atoms with E-state index < -0.39 is 0 Å². The lowest BCUT2D eigenvalue weighted by Gasteiger charge is -2.30. The van der Waals surface area contributed by atoms with Crippen LogP contribution < -0.4 is 14.4 Å². The predicted molar refractivity (Wildman–Crippen MR) is 123 cm³/mol. The summed E-state index contributed by atoms with van der Waals surface area (Å²) in [5.74, 6) is 1.54. The molecule has 2 aromatic rings. The SMILES string of the molecule is CCCCCCCCCCCC(=O)N1CCc2cc(OC)c(OC)c3nccc1c23. The Morgan fingerprint density at radius 3 is 2.40 bits per heavy atom. The van der Waals surface area contributed by atoms with Gasteiger partial charge in [-0.3, -0.25) is 9.78 Å². The molecule has 0 fully saturated rings. The average molecular weight is 413 g/mol. The zero-order valence-corrected chi connectivity index (χ0v) is 18.8. The first kappa shape index (κ1) is 22.4. The third kappa shape index (κ3) is 5.05. The van der Waals surface area contributed by atoms with Gasteiger partial charge in [0.15, 0.2) is 11.5 Å². The van der Waals surface area contributed by atoms with Crippen LogP contribution in [-0.2, 0) is 11.2 Å². The second-order valence-corrected chi connectivity index (χ2v) is 8.20. The van der Waals surface area contributed by atoms with Crippen LogP contribution in [0.15, 0.2) is 18.3 Å². The van der Waals surface area contributed by atoms with Gasteiger partial charge in [-0.05, 0) is 30.5 Å². The second-order valence-electron chi connectivity index (χ2n) is 8.20. The fraction of sp³-hybridized carbons (Fsp3) is 0.600. The van der Waals surface area contributed by atoms with Crippen LogP contribution >= 0.6 is 0 Å². The van der Waals surface area contributed by atoms with E-state index in [2.05, 4.69) is 11.9 Å². The highest BCUT2D eigenvalue weighted by molar-refractivity contribution is 6.07. The van der Waals surface area contributed by atoms with Crippen molar-refractivity contribution in [3.63, 3.8) is 0 Å². The minimum Gasteiger partial charge on any atom is -0.493 e. The van der Waals surface area contributed by atoms with Gasteiger partial charge >= 0.3 is 0 Å². The van der Waals surface area contributed by atoms with Crippen molar-refractivity contribution >= 4 is 22.5 Å². The van der Waals surface area contributed by atoms with Crippen LogP contribution in [0.2, 0.25) is 0 Å². The van der Waals surface area contributed by atoms with E-state index >= 15 is 0 Å². The monoisotopic (exact) mass is 412 g/mol. The number of ether oxygens (including phenoxy) is 2. The molecule has 164 valence electrons. The molecule has 0 bridgehead atoms. The second kappa shape index (κ2) is 11.2. The first-order chi connectivity index (χ1) is 14.7. The molecule has 0 spiro atoms. The third-order valence-corrected chi connectivity index (χ3v) is 6.11. The van der Waals surface area contributed by atoms with Gasteiger partial charge in [-0.1, -0.05) is 58.3 Å². The number of carbonyl (C=O) groups excluding carboxylic acids is 1. The van der Waals surface area contributed by atoms with Gasteiger partial charge in [0.2, 0.25) is 5.91 Å². The van der Waals surface area contributed by atoms with Crippen LogP contribution in [0.1, 0.15) is 76.7 Å². The smallest absolute Gasteiger partial charge is 0.227 e. The minimum atomic E-state index is 0.214. The van der Waals surface area contributed by atoms with E-state index in [-0.39, 0.29) is 5.91 Å². The summed E-state index contributed by atoms with van der Waals surface area (Å²) in [7, 11) is 3.27. The molecule has 3 rings (SSSR count). The van der Waals surface area contributed by atoms with Crippen molar-refractivity contribution in [2.45, 2.75) is 77.6 Å². The van der Waals surface area contributed by atoms with Crippen LogP contribution in [-0.4, -0.2) is 31.7 Å². The number of aromatic nitrogens is 1. The molecule has 0 saturated carbocycles. The molecular weight excluding hydrogens is 376 g/mol. The summed E-state index contributed by atoms with van der Waals surface area (Å²) in [4.78, 5) is 19.5. The van der Waals surface area contributed by atoms with Gasteiger partial charge in [-0.25, -0.2) is 0 Å². The highest BCUT2D eigenvalue weighted by Crippen LogP contribution is 2.42. The Balaban J connectivity index is 1.60. The van der Waals surface area contributed by atoms with Crippen molar-refractivity contribution < 1.29 is 14.3 Å². The number of carbonyl (C=O) groups is 1. The van der Waals surface area contributed by atoms with Crippen molar-refractivity contribution in [3.05, 3.63) is 23.9 Å². The largest absolute Gasteiger partial charge is 0.493 e. The van der Waals surface area contributed by atoms with Crippen LogP contribution in [0.25, 0.3) is 10.9 Å². The highest BCUT2D eigenvalue weighted by atomic mass is 16.5. The maximum atomic E-state index is 13.0. The molecule has 1 amide bonds. The Kier molecular flexibility index (Phi) is 8.35. The number of anilines is 1. The van der Waals surface area contributed by atoms with Crippen LogP contribution in [0.4, 0.5) is 5.69 Å². The Morgan fingerprint density at radius 1 is 1.03 bits per heavy atom. The molecule has 1 aliphatic rings. The van der Waals surface area contributed by atoms with Crippen molar-refractivity contribution in [1.29, 1.82) is 0 Å². The van der Waals surface area contributed by atoms with Crippen molar-refractivity contribution in [3.8, 4) is 11.5 Å². The van der Waals surface area contributed by atoms with Crippen molar-refractivity contribution in [2.24, 2.45) is 0 Å². The minimum absolute atomic E-state index is 0.214. The quantitative estimate of drug-likeness (QED) is 0.398. The molecule has 0 atom stereocenters.